The first-order valence-corrected chi connectivity index (χ1v) is 12.5. The number of carbonyl (C=O) groups is 4. The third-order valence-corrected chi connectivity index (χ3v) is 6.46. The molecule has 0 aliphatic carbocycles. The first-order valence-electron chi connectivity index (χ1n) is 12.5. The van der Waals surface area contributed by atoms with E-state index in [1.165, 1.54) is 7.11 Å². The molecule has 0 spiro atoms. The van der Waals surface area contributed by atoms with E-state index < -0.39 is 48.4 Å². The van der Waals surface area contributed by atoms with Crippen LogP contribution in [0.5, 0.6) is 5.75 Å². The largest absolute Gasteiger partial charge is 0.496 e. The zero-order valence-electron chi connectivity index (χ0n) is 21.7. The number of rotatable bonds is 13. The Morgan fingerprint density at radius 3 is 2.63 bits per heavy atom. The van der Waals surface area contributed by atoms with Gasteiger partial charge in [-0.2, -0.15) is 5.26 Å². The second-order valence-electron chi connectivity index (χ2n) is 9.77. The van der Waals surface area contributed by atoms with E-state index in [0.717, 1.165) is 5.39 Å². The number of carboxylic acid groups (broad SMARTS) is 1. The van der Waals surface area contributed by atoms with Crippen molar-refractivity contribution in [2.45, 2.75) is 51.2 Å². The molecule has 6 N–H and O–H groups in total. The summed E-state index contributed by atoms with van der Waals surface area (Å²) in [5.41, 5.74) is 0.957. The second-order valence-corrected chi connectivity index (χ2v) is 9.77. The number of fused-ring (bicyclic) bond motifs is 1. The number of hydrogen-bond donors (Lipinski definition) is 6. The van der Waals surface area contributed by atoms with Gasteiger partial charge in [0.25, 0.3) is 5.91 Å². The number of carbonyl (C=O) groups excluding carboxylic acids is 3. The standard InChI is InChI=1S/C26H34N6O6/c1-14(2)9-19(32-26(37)20-11-16-17(30-20)5-4-6-22(16)38-3)25(36)31-18(10-15-7-8-28-24(15)35)21(12-27)29-13-23(33)34/h4-6,11,14-15,18-19,21,29-30H,7-10,13H2,1-3H3,(H,28,35)(H,31,36)(H,32,37)(H,33,34)/t15-,18-,19-,21+/m0/s1. The molecule has 1 aromatic carbocycles. The number of aliphatic carboxylic acids is 1. The Morgan fingerprint density at radius 2 is 2.03 bits per heavy atom. The SMILES string of the molecule is COc1cccc2[nH]c(C(=O)N[C@@H](CC(C)C)C(=O)N[C@@H](C[C@@H]3CCNC3=O)[C@@H](C#N)NCC(=O)O)cc12. The monoisotopic (exact) mass is 526 g/mol. The Morgan fingerprint density at radius 1 is 1.26 bits per heavy atom. The minimum absolute atomic E-state index is 0.0461. The van der Waals surface area contributed by atoms with Crippen molar-refractivity contribution in [3.05, 3.63) is 30.0 Å². The molecule has 2 heterocycles. The molecule has 1 aliphatic rings. The fourth-order valence-corrected chi connectivity index (χ4v) is 4.58. The van der Waals surface area contributed by atoms with Gasteiger partial charge in [-0.15, -0.1) is 0 Å². The molecule has 1 aromatic heterocycles. The molecule has 12 nitrogen and oxygen atoms in total. The molecule has 1 saturated heterocycles. The van der Waals surface area contributed by atoms with Crippen LogP contribution in [0.3, 0.4) is 0 Å². The highest BCUT2D eigenvalue weighted by atomic mass is 16.5. The number of ether oxygens (including phenoxy) is 1. The summed E-state index contributed by atoms with van der Waals surface area (Å²) < 4.78 is 5.35. The van der Waals surface area contributed by atoms with Gasteiger partial charge in [-0.05, 0) is 43.4 Å². The van der Waals surface area contributed by atoms with Crippen LogP contribution in [0.1, 0.15) is 43.6 Å². The van der Waals surface area contributed by atoms with Crippen LogP contribution in [0.15, 0.2) is 24.3 Å². The summed E-state index contributed by atoms with van der Waals surface area (Å²) in [7, 11) is 1.54. The van der Waals surface area contributed by atoms with E-state index in [1.807, 2.05) is 26.0 Å². The average molecular weight is 527 g/mol. The molecule has 3 amide bonds. The molecule has 0 saturated carbocycles. The van der Waals surface area contributed by atoms with Gasteiger partial charge in [0, 0.05) is 23.4 Å². The molecule has 38 heavy (non-hydrogen) atoms. The molecule has 204 valence electrons. The molecular weight excluding hydrogens is 492 g/mol. The Hall–Kier alpha value is -4.11. The van der Waals surface area contributed by atoms with Crippen LogP contribution >= 0.6 is 0 Å². The molecule has 12 heteroatoms. The highest BCUT2D eigenvalue weighted by Gasteiger charge is 2.34. The quantitative estimate of drug-likeness (QED) is 0.222. The number of nitriles is 1. The van der Waals surface area contributed by atoms with Crippen molar-refractivity contribution >= 4 is 34.6 Å². The number of aromatic nitrogens is 1. The molecule has 3 rings (SSSR count). The van der Waals surface area contributed by atoms with Crippen molar-refractivity contribution in [1.29, 1.82) is 5.26 Å². The highest BCUT2D eigenvalue weighted by molar-refractivity contribution is 6.01. The second kappa shape index (κ2) is 12.9. The lowest BCUT2D eigenvalue weighted by atomic mass is 9.93. The summed E-state index contributed by atoms with van der Waals surface area (Å²) in [6.45, 7) is 3.82. The van der Waals surface area contributed by atoms with E-state index in [4.69, 9.17) is 9.84 Å². The number of hydrogen-bond acceptors (Lipinski definition) is 7. The number of amides is 3. The van der Waals surface area contributed by atoms with Gasteiger partial charge >= 0.3 is 5.97 Å². The Labute approximate surface area is 220 Å². The van der Waals surface area contributed by atoms with Crippen molar-refractivity contribution in [2.24, 2.45) is 11.8 Å². The number of benzene rings is 1. The van der Waals surface area contributed by atoms with Crippen LogP contribution in [-0.4, -0.2) is 72.1 Å². The molecule has 0 unspecified atom stereocenters. The average Bonchev–Trinajstić information content (AvgIpc) is 3.49. The lowest BCUT2D eigenvalue weighted by molar-refractivity contribution is -0.136. The van der Waals surface area contributed by atoms with E-state index in [-0.39, 0.29) is 23.9 Å². The van der Waals surface area contributed by atoms with E-state index in [1.54, 1.807) is 18.2 Å². The van der Waals surface area contributed by atoms with E-state index in [9.17, 15) is 24.4 Å². The van der Waals surface area contributed by atoms with Crippen molar-refractivity contribution in [2.75, 3.05) is 20.2 Å². The zero-order chi connectivity index (χ0) is 27.8. The van der Waals surface area contributed by atoms with E-state index in [2.05, 4.69) is 26.3 Å². The first-order chi connectivity index (χ1) is 18.1. The van der Waals surface area contributed by atoms with Crippen LogP contribution in [0.2, 0.25) is 0 Å². The van der Waals surface area contributed by atoms with Gasteiger partial charge in [-0.1, -0.05) is 19.9 Å². The summed E-state index contributed by atoms with van der Waals surface area (Å²) >= 11 is 0. The summed E-state index contributed by atoms with van der Waals surface area (Å²) in [6.07, 6.45) is 1.00. The van der Waals surface area contributed by atoms with Gasteiger partial charge in [0.2, 0.25) is 11.8 Å². The summed E-state index contributed by atoms with van der Waals surface area (Å²) in [5, 5.41) is 30.4. The summed E-state index contributed by atoms with van der Waals surface area (Å²) in [5.74, 6) is -2.14. The van der Waals surface area contributed by atoms with Crippen LogP contribution in [0.4, 0.5) is 0 Å². The first kappa shape index (κ1) is 28.5. The van der Waals surface area contributed by atoms with E-state index >= 15 is 0 Å². The van der Waals surface area contributed by atoms with Crippen LogP contribution in [0, 0.1) is 23.2 Å². The highest BCUT2D eigenvalue weighted by Crippen LogP contribution is 2.26. The summed E-state index contributed by atoms with van der Waals surface area (Å²) in [6, 6.07) is 6.18. The maximum Gasteiger partial charge on any atom is 0.317 e. The van der Waals surface area contributed by atoms with Gasteiger partial charge in [-0.25, -0.2) is 0 Å². The number of nitrogens with one attached hydrogen (secondary N) is 5. The van der Waals surface area contributed by atoms with Gasteiger partial charge in [0.1, 0.15) is 23.5 Å². The number of nitrogens with zero attached hydrogens (tertiary/aromatic N) is 1. The maximum atomic E-state index is 13.4. The van der Waals surface area contributed by atoms with Crippen molar-refractivity contribution in [3.63, 3.8) is 0 Å². The van der Waals surface area contributed by atoms with Crippen LogP contribution in [0.25, 0.3) is 10.9 Å². The number of carboxylic acids is 1. The lowest BCUT2D eigenvalue weighted by Crippen LogP contribution is -2.56. The van der Waals surface area contributed by atoms with Gasteiger partial charge in [0.05, 0.1) is 25.8 Å². The van der Waals surface area contributed by atoms with Crippen LogP contribution < -0.4 is 26.0 Å². The Balaban J connectivity index is 1.80. The topological polar surface area (TPSA) is 185 Å². The van der Waals surface area contributed by atoms with Gasteiger partial charge in [0.15, 0.2) is 0 Å². The molecule has 1 aliphatic heterocycles. The van der Waals surface area contributed by atoms with Gasteiger partial charge in [-0.3, -0.25) is 24.5 Å². The number of methoxy groups -OCH3 is 1. The smallest absolute Gasteiger partial charge is 0.317 e. The minimum Gasteiger partial charge on any atom is -0.496 e. The molecule has 2 aromatic rings. The molecule has 0 radical (unpaired) electrons. The fraction of sp³-hybridized carbons (Fsp3) is 0.500. The minimum atomic E-state index is -1.16. The number of aromatic amines is 1. The molecule has 0 bridgehead atoms. The third kappa shape index (κ3) is 7.23. The Kier molecular flexibility index (Phi) is 9.67. The predicted molar refractivity (Wildman–Crippen MR) is 138 cm³/mol. The van der Waals surface area contributed by atoms with E-state index in [0.29, 0.717) is 30.7 Å². The van der Waals surface area contributed by atoms with Crippen LogP contribution in [-0.2, 0) is 14.4 Å². The van der Waals surface area contributed by atoms with Gasteiger partial charge < -0.3 is 30.8 Å². The van der Waals surface area contributed by atoms with Crippen molar-refractivity contribution < 1.29 is 29.0 Å². The molecule has 1 fully saturated rings. The van der Waals surface area contributed by atoms with Crippen molar-refractivity contribution in [3.8, 4) is 11.8 Å². The molecule has 4 atom stereocenters. The fourth-order valence-electron chi connectivity index (χ4n) is 4.58. The maximum absolute atomic E-state index is 13.4. The third-order valence-electron chi connectivity index (χ3n) is 6.46. The predicted octanol–water partition coefficient (Wildman–Crippen LogP) is 0.898. The lowest BCUT2D eigenvalue weighted by Gasteiger charge is -2.28. The molecular formula is C26H34N6O6. The summed E-state index contributed by atoms with van der Waals surface area (Å²) in [4.78, 5) is 52.9. The zero-order valence-corrected chi connectivity index (χ0v) is 21.7. The van der Waals surface area contributed by atoms with Crippen molar-refractivity contribution in [1.82, 2.24) is 26.3 Å². The Bertz CT molecular complexity index is 1220. The number of H-pyrrole nitrogens is 1. The normalized spacial score (nSPS) is 17.3.